The lowest BCUT2D eigenvalue weighted by Gasteiger charge is -2.27. The van der Waals surface area contributed by atoms with Gasteiger partial charge in [-0.2, -0.15) is 8.78 Å². The van der Waals surface area contributed by atoms with Crippen molar-refractivity contribution in [3.63, 3.8) is 0 Å². The van der Waals surface area contributed by atoms with Gasteiger partial charge in [-0.05, 0) is 18.4 Å². The van der Waals surface area contributed by atoms with Crippen LogP contribution in [0.1, 0.15) is 18.4 Å². The lowest BCUT2D eigenvalue weighted by atomic mass is 10.0. The summed E-state index contributed by atoms with van der Waals surface area (Å²) in [6.07, 6.45) is 5.12. The first-order valence-electron chi connectivity index (χ1n) is 7.27. The molecule has 1 atom stereocenters. The Balaban J connectivity index is 1.90. The highest BCUT2D eigenvalue weighted by Crippen LogP contribution is 2.35. The number of aromatic nitrogens is 1. The molecule has 0 aliphatic carbocycles. The second-order valence-corrected chi connectivity index (χ2v) is 6.41. The number of aliphatic imine (C=N–C) groups is 2. The van der Waals surface area contributed by atoms with Crippen molar-refractivity contribution in [1.82, 2.24) is 9.88 Å². The van der Waals surface area contributed by atoms with Gasteiger partial charge in [0.15, 0.2) is 10.8 Å². The van der Waals surface area contributed by atoms with Crippen LogP contribution < -0.4 is 5.73 Å². The van der Waals surface area contributed by atoms with Crippen LogP contribution in [0.15, 0.2) is 44.6 Å². The minimum Gasteiger partial charge on any atom is -0.398 e. The van der Waals surface area contributed by atoms with Crippen molar-refractivity contribution in [2.24, 2.45) is 21.6 Å². The average molecular weight is 337 g/mol. The number of rotatable bonds is 4. The van der Waals surface area contributed by atoms with Gasteiger partial charge in [0.2, 0.25) is 0 Å². The van der Waals surface area contributed by atoms with Crippen LogP contribution in [0.25, 0.3) is 0 Å². The molecule has 8 heteroatoms. The molecule has 1 unspecified atom stereocenters. The first-order chi connectivity index (χ1) is 11.1. The van der Waals surface area contributed by atoms with E-state index in [0.29, 0.717) is 18.2 Å². The molecule has 3 rings (SSSR count). The van der Waals surface area contributed by atoms with E-state index in [9.17, 15) is 8.78 Å². The first kappa shape index (κ1) is 15.8. The van der Waals surface area contributed by atoms with Gasteiger partial charge in [0.25, 0.3) is 0 Å². The summed E-state index contributed by atoms with van der Waals surface area (Å²) in [6, 6.07) is 0. The summed E-state index contributed by atoms with van der Waals surface area (Å²) in [5, 5.41) is 2.81. The maximum Gasteiger partial charge on any atom is 0.331 e. The Kier molecular flexibility index (Phi) is 4.51. The van der Waals surface area contributed by atoms with Crippen LogP contribution in [0.4, 0.5) is 8.78 Å². The Morgan fingerprint density at radius 1 is 1.57 bits per heavy atom. The normalized spacial score (nSPS) is 22.3. The van der Waals surface area contributed by atoms with Gasteiger partial charge in [-0.15, -0.1) is 11.3 Å². The fraction of sp³-hybridized carbons (Fsp3) is 0.400. The van der Waals surface area contributed by atoms with Crippen molar-refractivity contribution in [2.75, 3.05) is 13.1 Å². The Hall–Kier alpha value is -2.09. The molecule has 122 valence electrons. The van der Waals surface area contributed by atoms with Gasteiger partial charge in [0.1, 0.15) is 0 Å². The van der Waals surface area contributed by atoms with E-state index in [-0.39, 0.29) is 0 Å². The Labute approximate surface area is 137 Å². The molecule has 0 bridgehead atoms. The van der Waals surface area contributed by atoms with Gasteiger partial charge < -0.3 is 10.6 Å². The lowest BCUT2D eigenvalue weighted by Crippen LogP contribution is -2.33. The Bertz CT molecular complexity index is 691. The summed E-state index contributed by atoms with van der Waals surface area (Å²) in [6.45, 7) is 0.731. The van der Waals surface area contributed by atoms with Crippen molar-refractivity contribution < 1.29 is 8.78 Å². The molecule has 0 saturated carbocycles. The minimum absolute atomic E-state index is 0.429. The predicted octanol–water partition coefficient (Wildman–Crippen LogP) is 2.64. The average Bonchev–Trinajstić information content (AvgIpc) is 3.13. The van der Waals surface area contributed by atoms with Gasteiger partial charge in [-0.1, -0.05) is 6.92 Å². The number of amidine groups is 1. The van der Waals surface area contributed by atoms with Crippen LogP contribution in [0, 0.1) is 5.92 Å². The zero-order valence-corrected chi connectivity index (χ0v) is 13.4. The highest BCUT2D eigenvalue weighted by atomic mass is 32.1. The number of thiazole rings is 1. The lowest BCUT2D eigenvalue weighted by molar-refractivity contribution is 0.161. The van der Waals surface area contributed by atoms with E-state index < -0.39 is 6.55 Å². The molecule has 1 aromatic rings. The van der Waals surface area contributed by atoms with E-state index in [1.807, 2.05) is 5.38 Å². The van der Waals surface area contributed by atoms with Crippen molar-refractivity contribution >= 4 is 23.4 Å². The van der Waals surface area contributed by atoms with Gasteiger partial charge in [-0.3, -0.25) is 4.99 Å². The molecule has 1 fully saturated rings. The molecule has 0 spiro atoms. The molecule has 1 saturated heterocycles. The second-order valence-electron chi connectivity index (χ2n) is 5.52. The molecule has 0 aromatic carbocycles. The molecule has 1 aromatic heterocycles. The largest absolute Gasteiger partial charge is 0.398 e. The second kappa shape index (κ2) is 6.57. The summed E-state index contributed by atoms with van der Waals surface area (Å²) in [5.41, 5.74) is 8.49. The van der Waals surface area contributed by atoms with Crippen LogP contribution in [-0.4, -0.2) is 41.6 Å². The van der Waals surface area contributed by atoms with E-state index in [1.165, 1.54) is 6.08 Å². The number of nitrogens with two attached hydrogens (primary N) is 1. The van der Waals surface area contributed by atoms with Crippen LogP contribution in [0.2, 0.25) is 0 Å². The molecule has 2 aliphatic heterocycles. The van der Waals surface area contributed by atoms with Crippen LogP contribution in [-0.2, 0) is 0 Å². The highest BCUT2D eigenvalue weighted by molar-refractivity contribution is 7.11. The van der Waals surface area contributed by atoms with Crippen molar-refractivity contribution in [3.05, 3.63) is 39.6 Å². The maximum absolute atomic E-state index is 12.1. The number of hydrogen-bond donors (Lipinski definition) is 1. The number of alkyl halides is 2. The Morgan fingerprint density at radius 2 is 2.39 bits per heavy atom. The van der Waals surface area contributed by atoms with E-state index >= 15 is 0 Å². The van der Waals surface area contributed by atoms with Crippen LogP contribution in [0.5, 0.6) is 0 Å². The zero-order valence-electron chi connectivity index (χ0n) is 12.6. The van der Waals surface area contributed by atoms with E-state index in [2.05, 4.69) is 26.8 Å². The molecule has 0 radical (unpaired) electrons. The van der Waals surface area contributed by atoms with E-state index in [1.54, 1.807) is 17.5 Å². The molecule has 5 nitrogen and oxygen atoms in total. The fourth-order valence-corrected chi connectivity index (χ4v) is 3.47. The third-order valence-corrected chi connectivity index (χ3v) is 4.55. The predicted molar refractivity (Wildman–Crippen MR) is 87.8 cm³/mol. The number of halogens is 2. The number of hydrogen-bond acceptors (Lipinski definition) is 6. The molecular formula is C15H17F2N5S. The molecule has 3 heterocycles. The van der Waals surface area contributed by atoms with E-state index in [4.69, 9.17) is 5.73 Å². The number of nitrogens with zero attached hydrogens (tertiary/aromatic N) is 4. The van der Waals surface area contributed by atoms with Gasteiger partial charge >= 0.3 is 6.55 Å². The summed E-state index contributed by atoms with van der Waals surface area (Å²) < 4.78 is 24.2. The molecule has 0 amide bonds. The number of allylic oxidation sites excluding steroid dienone is 2. The molecule has 2 aliphatic rings. The quantitative estimate of drug-likeness (QED) is 0.678. The molecular weight excluding hydrogens is 320 g/mol. The molecule has 2 N–H and O–H groups in total. The zero-order chi connectivity index (χ0) is 16.4. The summed E-state index contributed by atoms with van der Waals surface area (Å²) in [4.78, 5) is 14.1. The van der Waals surface area contributed by atoms with Gasteiger partial charge in [-0.25, -0.2) is 9.98 Å². The smallest absolute Gasteiger partial charge is 0.331 e. The molecule has 23 heavy (non-hydrogen) atoms. The Morgan fingerprint density at radius 3 is 3.09 bits per heavy atom. The van der Waals surface area contributed by atoms with Crippen molar-refractivity contribution in [2.45, 2.75) is 19.9 Å². The van der Waals surface area contributed by atoms with E-state index in [0.717, 1.165) is 41.3 Å². The van der Waals surface area contributed by atoms with Crippen LogP contribution >= 0.6 is 11.3 Å². The summed E-state index contributed by atoms with van der Waals surface area (Å²) in [5.74, 6) is 1.35. The summed E-state index contributed by atoms with van der Waals surface area (Å²) in [7, 11) is 0. The minimum atomic E-state index is -2.72. The fourth-order valence-electron chi connectivity index (χ4n) is 2.82. The standard InChI is InChI=1S/C15H17F2N5S/c1-9-6-12-10(11(18)2-3-20-15(16)17)7-21-13(22(12)8-9)14-19-4-5-23-14/h2-5,9,15H,6-8,18H2,1H3. The monoisotopic (exact) mass is 337 g/mol. The third-order valence-electron chi connectivity index (χ3n) is 3.78. The van der Waals surface area contributed by atoms with Crippen LogP contribution in [0.3, 0.4) is 0 Å². The van der Waals surface area contributed by atoms with Crippen molar-refractivity contribution in [1.29, 1.82) is 0 Å². The topological polar surface area (TPSA) is 66.9 Å². The highest BCUT2D eigenvalue weighted by Gasteiger charge is 2.33. The maximum atomic E-state index is 12.1. The number of fused-ring (bicyclic) bond motifs is 1. The third kappa shape index (κ3) is 3.31. The first-order valence-corrected chi connectivity index (χ1v) is 8.15. The van der Waals surface area contributed by atoms with Crippen molar-refractivity contribution in [3.8, 4) is 0 Å². The van der Waals surface area contributed by atoms with Gasteiger partial charge in [0, 0.05) is 41.3 Å². The summed E-state index contributed by atoms with van der Waals surface area (Å²) >= 11 is 1.55. The van der Waals surface area contributed by atoms with Gasteiger partial charge in [0.05, 0.1) is 6.54 Å². The SMILES string of the molecule is CC1CC2=C(C(N)=CC=NC(F)F)CN=C(c3nccs3)N2C1.